The van der Waals surface area contributed by atoms with Gasteiger partial charge in [-0.1, -0.05) is 0 Å². The van der Waals surface area contributed by atoms with E-state index in [1.54, 1.807) is 0 Å². The number of aryl methyl sites for hydroxylation is 3. The highest BCUT2D eigenvalue weighted by Gasteiger charge is 2.51. The maximum absolute atomic E-state index is 6.56. The normalized spacial score (nSPS) is 27.0. The van der Waals surface area contributed by atoms with Gasteiger partial charge in [0.05, 0.1) is 41.7 Å². The van der Waals surface area contributed by atoms with Crippen molar-refractivity contribution in [3.05, 3.63) is 34.9 Å². The molecular formula is C25H35N7O. The van der Waals surface area contributed by atoms with E-state index in [2.05, 4.69) is 53.6 Å². The van der Waals surface area contributed by atoms with Crippen molar-refractivity contribution in [3.8, 4) is 0 Å². The van der Waals surface area contributed by atoms with Crippen molar-refractivity contribution in [1.82, 2.24) is 29.4 Å². The first-order valence-corrected chi connectivity index (χ1v) is 12.2. The minimum atomic E-state index is -0.0504. The molecular weight excluding hydrogens is 414 g/mol. The predicted octanol–water partition coefficient (Wildman–Crippen LogP) is 2.99. The molecule has 3 aliphatic heterocycles. The number of aromatic nitrogens is 5. The van der Waals surface area contributed by atoms with Crippen LogP contribution in [0.5, 0.6) is 0 Å². The zero-order valence-electron chi connectivity index (χ0n) is 20.6. The summed E-state index contributed by atoms with van der Waals surface area (Å²) in [4.78, 5) is 9.55. The summed E-state index contributed by atoms with van der Waals surface area (Å²) in [5, 5.41) is 10.6. The first kappa shape index (κ1) is 21.1. The monoisotopic (exact) mass is 449 g/mol. The Morgan fingerprint density at radius 2 is 1.94 bits per heavy atom. The van der Waals surface area contributed by atoms with Gasteiger partial charge in [-0.15, -0.1) is 0 Å². The van der Waals surface area contributed by atoms with Crippen LogP contribution in [0.2, 0.25) is 0 Å². The molecule has 1 saturated carbocycles. The van der Waals surface area contributed by atoms with Gasteiger partial charge >= 0.3 is 0 Å². The van der Waals surface area contributed by atoms with Gasteiger partial charge in [-0.25, -0.2) is 4.98 Å². The molecule has 0 amide bonds. The number of hydrogen-bond donors (Lipinski definition) is 0. The van der Waals surface area contributed by atoms with E-state index in [1.165, 1.54) is 29.8 Å². The van der Waals surface area contributed by atoms with Crippen LogP contribution >= 0.6 is 0 Å². The summed E-state index contributed by atoms with van der Waals surface area (Å²) in [6, 6.07) is 2.20. The second-order valence-corrected chi connectivity index (χ2v) is 10.7. The molecule has 8 heteroatoms. The molecule has 2 saturated heterocycles. The number of ether oxygens (including phenoxy) is 1. The summed E-state index contributed by atoms with van der Waals surface area (Å²) in [7, 11) is 6.36. The molecule has 2 bridgehead atoms. The van der Waals surface area contributed by atoms with Crippen molar-refractivity contribution in [2.45, 2.75) is 70.2 Å². The Kier molecular flexibility index (Phi) is 4.65. The minimum Gasteiger partial charge on any atom is -0.371 e. The van der Waals surface area contributed by atoms with Crippen molar-refractivity contribution < 1.29 is 4.74 Å². The average Bonchev–Trinajstić information content (AvgIpc) is 3.33. The zero-order chi connectivity index (χ0) is 23.0. The van der Waals surface area contributed by atoms with Crippen LogP contribution in [0, 0.1) is 13.8 Å². The lowest BCUT2D eigenvalue weighted by Crippen LogP contribution is -2.62. The lowest BCUT2D eigenvalue weighted by molar-refractivity contribution is -0.192. The number of rotatable bonds is 4. The van der Waals surface area contributed by atoms with E-state index in [9.17, 15) is 0 Å². The van der Waals surface area contributed by atoms with Crippen molar-refractivity contribution in [3.63, 3.8) is 0 Å². The third kappa shape index (κ3) is 3.21. The molecule has 0 radical (unpaired) electrons. The van der Waals surface area contributed by atoms with Crippen LogP contribution in [0.1, 0.15) is 48.3 Å². The molecule has 0 atom stereocenters. The van der Waals surface area contributed by atoms with Crippen LogP contribution in [0.3, 0.4) is 0 Å². The highest BCUT2D eigenvalue weighted by Crippen LogP contribution is 2.47. The lowest BCUT2D eigenvalue weighted by atomic mass is 9.70. The molecule has 0 spiro atoms. The van der Waals surface area contributed by atoms with Crippen molar-refractivity contribution in [2.24, 2.45) is 7.05 Å². The van der Waals surface area contributed by atoms with E-state index in [1.807, 2.05) is 17.9 Å². The van der Waals surface area contributed by atoms with Gasteiger partial charge in [-0.3, -0.25) is 9.36 Å². The summed E-state index contributed by atoms with van der Waals surface area (Å²) in [6.07, 6.45) is 7.63. The average molecular weight is 450 g/mol. The number of likely N-dealkylation sites (N-methyl/N-ethyl adjacent to an activating group) is 1. The van der Waals surface area contributed by atoms with Crippen molar-refractivity contribution >= 4 is 16.7 Å². The number of pyridine rings is 1. The highest BCUT2D eigenvalue weighted by atomic mass is 16.5. The molecule has 1 aliphatic carbocycles. The maximum Gasteiger partial charge on any atom is 0.159 e. The molecule has 8 nitrogen and oxygen atoms in total. The van der Waals surface area contributed by atoms with E-state index in [0.717, 1.165) is 67.9 Å². The SMILES string of the molecule is Cc1cc(N2CCc3c(c(C)nn3CC34CCC(N(C)C)(CC3)CO4)C2)c2cnn(C)c2n1. The van der Waals surface area contributed by atoms with Gasteiger partial charge in [-0.05, 0) is 59.7 Å². The quantitative estimate of drug-likeness (QED) is 0.610. The highest BCUT2D eigenvalue weighted by molar-refractivity contribution is 5.89. The molecule has 4 aliphatic rings. The number of anilines is 1. The molecule has 7 rings (SSSR count). The lowest BCUT2D eigenvalue weighted by Gasteiger charge is -2.55. The van der Waals surface area contributed by atoms with E-state index in [-0.39, 0.29) is 11.1 Å². The van der Waals surface area contributed by atoms with E-state index in [4.69, 9.17) is 14.8 Å². The van der Waals surface area contributed by atoms with Crippen LogP contribution in [0.15, 0.2) is 12.3 Å². The largest absolute Gasteiger partial charge is 0.371 e. The molecule has 33 heavy (non-hydrogen) atoms. The first-order valence-electron chi connectivity index (χ1n) is 12.2. The van der Waals surface area contributed by atoms with Gasteiger partial charge in [0.25, 0.3) is 0 Å². The Bertz CT molecular complexity index is 1200. The predicted molar refractivity (Wildman–Crippen MR) is 129 cm³/mol. The molecule has 0 aromatic carbocycles. The standard InChI is InChI=1S/C25H35N7O/c1-17-12-22(19-13-26-30(5)23(19)27-17)31-11-6-21-20(14-31)18(2)28-32(21)15-25-9-7-24(8-10-25,16-33-25)29(3)4/h12-13H,6-11,14-16H2,1-5H3. The van der Waals surface area contributed by atoms with Gasteiger partial charge in [0.15, 0.2) is 5.65 Å². The molecule has 0 N–H and O–H groups in total. The fourth-order valence-corrected chi connectivity index (χ4v) is 6.28. The van der Waals surface area contributed by atoms with E-state index >= 15 is 0 Å². The van der Waals surface area contributed by atoms with Gasteiger partial charge in [0.2, 0.25) is 0 Å². The second kappa shape index (κ2) is 7.27. The Morgan fingerprint density at radius 3 is 2.64 bits per heavy atom. The summed E-state index contributed by atoms with van der Waals surface area (Å²) >= 11 is 0. The summed E-state index contributed by atoms with van der Waals surface area (Å²) in [6.45, 7) is 7.81. The second-order valence-electron chi connectivity index (χ2n) is 10.7. The van der Waals surface area contributed by atoms with Crippen LogP contribution < -0.4 is 4.90 Å². The van der Waals surface area contributed by atoms with Crippen LogP contribution in [-0.4, -0.2) is 67.8 Å². The molecule has 3 aromatic heterocycles. The molecule has 3 aromatic rings. The Morgan fingerprint density at radius 1 is 1.15 bits per heavy atom. The fraction of sp³-hybridized carbons (Fsp3) is 0.640. The third-order valence-electron chi connectivity index (χ3n) is 8.61. The maximum atomic E-state index is 6.56. The van der Waals surface area contributed by atoms with Crippen molar-refractivity contribution in [1.29, 1.82) is 0 Å². The van der Waals surface area contributed by atoms with E-state index in [0.29, 0.717) is 0 Å². The summed E-state index contributed by atoms with van der Waals surface area (Å²) < 4.78 is 10.7. The molecule has 0 unspecified atom stereocenters. The zero-order valence-corrected chi connectivity index (χ0v) is 20.6. The molecule has 6 heterocycles. The first-order chi connectivity index (χ1) is 15.8. The van der Waals surface area contributed by atoms with Crippen LogP contribution in [0.25, 0.3) is 11.0 Å². The van der Waals surface area contributed by atoms with Crippen molar-refractivity contribution in [2.75, 3.05) is 32.1 Å². The van der Waals surface area contributed by atoms with Gasteiger partial charge < -0.3 is 14.5 Å². The number of hydrogen-bond acceptors (Lipinski definition) is 6. The number of nitrogens with zero attached hydrogens (tertiary/aromatic N) is 7. The summed E-state index contributed by atoms with van der Waals surface area (Å²) in [5.41, 5.74) is 7.30. The third-order valence-corrected chi connectivity index (χ3v) is 8.61. The molecule has 3 fully saturated rings. The Hall–Kier alpha value is -2.45. The Balaban J connectivity index is 1.27. The summed E-state index contributed by atoms with van der Waals surface area (Å²) in [5.74, 6) is 0. The van der Waals surface area contributed by atoms with Crippen LogP contribution in [0.4, 0.5) is 5.69 Å². The minimum absolute atomic E-state index is 0.0504. The Labute approximate surface area is 195 Å². The van der Waals surface area contributed by atoms with E-state index < -0.39 is 0 Å². The van der Waals surface area contributed by atoms with Gasteiger partial charge in [0.1, 0.15) is 0 Å². The molecule has 176 valence electrons. The van der Waals surface area contributed by atoms with Gasteiger partial charge in [0, 0.05) is 49.0 Å². The van der Waals surface area contributed by atoms with Gasteiger partial charge in [-0.2, -0.15) is 10.2 Å². The van der Waals surface area contributed by atoms with Crippen LogP contribution in [-0.2, 0) is 31.3 Å². The smallest absolute Gasteiger partial charge is 0.159 e. The number of fused-ring (bicyclic) bond motifs is 5. The topological polar surface area (TPSA) is 64.2 Å². The fourth-order valence-electron chi connectivity index (χ4n) is 6.28.